The topological polar surface area (TPSA) is 38.7 Å². The highest BCUT2D eigenvalue weighted by atomic mass is 16.5. The molecule has 0 bridgehead atoms. The Balaban J connectivity index is 2.61. The van der Waals surface area contributed by atoms with Gasteiger partial charge < -0.3 is 14.6 Å². The number of hydrogen-bond donors (Lipinski definition) is 1. The summed E-state index contributed by atoms with van der Waals surface area (Å²) in [6.45, 7) is 7.71. The highest BCUT2D eigenvalue weighted by molar-refractivity contribution is 4.95. The predicted octanol–water partition coefficient (Wildman–Crippen LogP) is 2.37. The van der Waals surface area contributed by atoms with Crippen molar-refractivity contribution in [1.82, 2.24) is 0 Å². The van der Waals surface area contributed by atoms with Crippen LogP contribution in [-0.4, -0.2) is 36.6 Å². The first-order valence-electron chi connectivity index (χ1n) is 6.31. The van der Waals surface area contributed by atoms with E-state index in [0.29, 0.717) is 13.2 Å². The molecule has 1 aliphatic rings. The molecule has 0 spiro atoms. The van der Waals surface area contributed by atoms with E-state index in [2.05, 4.69) is 20.8 Å². The lowest BCUT2D eigenvalue weighted by Gasteiger charge is -2.46. The van der Waals surface area contributed by atoms with E-state index >= 15 is 0 Å². The van der Waals surface area contributed by atoms with Crippen molar-refractivity contribution in [1.29, 1.82) is 0 Å². The van der Waals surface area contributed by atoms with Crippen LogP contribution in [0.15, 0.2) is 0 Å². The summed E-state index contributed by atoms with van der Waals surface area (Å²) in [5.41, 5.74) is -0.740. The van der Waals surface area contributed by atoms with E-state index in [4.69, 9.17) is 9.47 Å². The fourth-order valence-electron chi connectivity index (χ4n) is 2.47. The highest BCUT2D eigenvalue weighted by Gasteiger charge is 2.44. The minimum Gasteiger partial charge on any atom is -0.389 e. The summed E-state index contributed by atoms with van der Waals surface area (Å²) in [6, 6.07) is 0. The Kier molecular flexibility index (Phi) is 4.77. The van der Waals surface area contributed by atoms with Gasteiger partial charge in [0.05, 0.1) is 17.8 Å². The van der Waals surface area contributed by atoms with Crippen LogP contribution >= 0.6 is 0 Å². The van der Waals surface area contributed by atoms with Crippen LogP contribution in [-0.2, 0) is 9.47 Å². The van der Waals surface area contributed by atoms with Crippen molar-refractivity contribution in [2.24, 2.45) is 5.92 Å². The number of rotatable bonds is 5. The van der Waals surface area contributed by atoms with Gasteiger partial charge in [0.25, 0.3) is 0 Å². The van der Waals surface area contributed by atoms with E-state index in [1.807, 2.05) is 0 Å². The highest BCUT2D eigenvalue weighted by Crippen LogP contribution is 2.39. The first kappa shape index (κ1) is 13.9. The molecule has 3 atom stereocenters. The van der Waals surface area contributed by atoms with Crippen molar-refractivity contribution >= 4 is 0 Å². The molecule has 3 heteroatoms. The smallest absolute Gasteiger partial charge is 0.0723 e. The van der Waals surface area contributed by atoms with Crippen molar-refractivity contribution < 1.29 is 14.6 Å². The van der Waals surface area contributed by atoms with Crippen LogP contribution in [0.5, 0.6) is 0 Å². The van der Waals surface area contributed by atoms with Crippen molar-refractivity contribution in [2.45, 2.75) is 57.7 Å². The van der Waals surface area contributed by atoms with Crippen molar-refractivity contribution in [3.63, 3.8) is 0 Å². The molecule has 0 saturated carbocycles. The van der Waals surface area contributed by atoms with Crippen LogP contribution in [0.25, 0.3) is 0 Å². The molecule has 1 aliphatic heterocycles. The zero-order valence-electron chi connectivity index (χ0n) is 11.1. The van der Waals surface area contributed by atoms with Gasteiger partial charge >= 0.3 is 0 Å². The van der Waals surface area contributed by atoms with Gasteiger partial charge in [-0.15, -0.1) is 0 Å². The second kappa shape index (κ2) is 5.48. The van der Waals surface area contributed by atoms with Crippen molar-refractivity contribution in [3.05, 3.63) is 0 Å². The van der Waals surface area contributed by atoms with Gasteiger partial charge in [-0.25, -0.2) is 0 Å². The molecular formula is C13H26O3. The summed E-state index contributed by atoms with van der Waals surface area (Å²) in [6.07, 6.45) is 3.34. The number of hydrogen-bond acceptors (Lipinski definition) is 3. The van der Waals surface area contributed by atoms with Gasteiger partial charge in [0.2, 0.25) is 0 Å². The summed E-state index contributed by atoms with van der Waals surface area (Å²) < 4.78 is 10.9. The molecule has 0 aromatic rings. The van der Waals surface area contributed by atoms with Gasteiger partial charge in [-0.1, -0.05) is 13.8 Å². The normalized spacial score (nSPS) is 37.3. The Morgan fingerprint density at radius 3 is 2.75 bits per heavy atom. The van der Waals surface area contributed by atoms with Crippen molar-refractivity contribution in [2.75, 3.05) is 20.3 Å². The summed E-state index contributed by atoms with van der Waals surface area (Å²) >= 11 is 0. The standard InChI is InChI=1S/C13H26O3/c1-5-12(3)10-13(14,7-9-16-12)11(2)6-8-15-4/h11,14H,5-10H2,1-4H3. The lowest BCUT2D eigenvalue weighted by molar-refractivity contribution is -0.173. The van der Waals surface area contributed by atoms with Crippen LogP contribution in [0, 0.1) is 5.92 Å². The Bertz CT molecular complexity index is 219. The molecule has 1 saturated heterocycles. The molecule has 0 radical (unpaired) electrons. The lowest BCUT2D eigenvalue weighted by Crippen LogP contribution is -2.50. The maximum absolute atomic E-state index is 10.7. The summed E-state index contributed by atoms with van der Waals surface area (Å²) in [7, 11) is 1.71. The van der Waals surface area contributed by atoms with Crippen LogP contribution in [0.4, 0.5) is 0 Å². The third-order valence-corrected chi connectivity index (χ3v) is 4.09. The molecule has 16 heavy (non-hydrogen) atoms. The monoisotopic (exact) mass is 230 g/mol. The van der Waals surface area contributed by atoms with E-state index < -0.39 is 5.60 Å². The second-order valence-corrected chi connectivity index (χ2v) is 5.36. The van der Waals surface area contributed by atoms with Crippen molar-refractivity contribution in [3.8, 4) is 0 Å². The molecule has 1 fully saturated rings. The van der Waals surface area contributed by atoms with E-state index in [1.165, 1.54) is 0 Å². The number of methoxy groups -OCH3 is 1. The van der Waals surface area contributed by atoms with Crippen LogP contribution in [0.1, 0.15) is 46.5 Å². The number of aliphatic hydroxyl groups is 1. The quantitative estimate of drug-likeness (QED) is 0.788. The maximum Gasteiger partial charge on any atom is 0.0723 e. The molecule has 0 amide bonds. The second-order valence-electron chi connectivity index (χ2n) is 5.36. The lowest BCUT2D eigenvalue weighted by atomic mass is 9.74. The molecule has 0 aromatic carbocycles. The molecule has 96 valence electrons. The van der Waals surface area contributed by atoms with Crippen LogP contribution in [0.3, 0.4) is 0 Å². The largest absolute Gasteiger partial charge is 0.389 e. The van der Waals surface area contributed by atoms with E-state index in [1.54, 1.807) is 7.11 Å². The summed E-state index contributed by atoms with van der Waals surface area (Å²) in [4.78, 5) is 0. The van der Waals surface area contributed by atoms with Gasteiger partial charge in [0.15, 0.2) is 0 Å². The van der Waals surface area contributed by atoms with E-state index in [-0.39, 0.29) is 11.5 Å². The fourth-order valence-corrected chi connectivity index (χ4v) is 2.47. The van der Waals surface area contributed by atoms with Crippen LogP contribution in [0.2, 0.25) is 0 Å². The zero-order chi connectivity index (χ0) is 12.2. The van der Waals surface area contributed by atoms with E-state index in [9.17, 15) is 5.11 Å². The SMILES string of the molecule is CCC1(C)CC(O)(C(C)CCOC)CCO1. The van der Waals surface area contributed by atoms with Crippen LogP contribution < -0.4 is 0 Å². The molecule has 1 rings (SSSR count). The molecule has 3 nitrogen and oxygen atoms in total. The first-order chi connectivity index (χ1) is 7.46. The molecule has 1 N–H and O–H groups in total. The fraction of sp³-hybridized carbons (Fsp3) is 1.00. The Morgan fingerprint density at radius 2 is 2.19 bits per heavy atom. The predicted molar refractivity (Wildman–Crippen MR) is 64.5 cm³/mol. The zero-order valence-corrected chi connectivity index (χ0v) is 11.1. The molecule has 3 unspecified atom stereocenters. The molecular weight excluding hydrogens is 204 g/mol. The van der Waals surface area contributed by atoms with Gasteiger partial charge in [0.1, 0.15) is 0 Å². The Morgan fingerprint density at radius 1 is 1.50 bits per heavy atom. The first-order valence-corrected chi connectivity index (χ1v) is 6.31. The minimum atomic E-state index is -0.582. The Labute approximate surface area is 99.1 Å². The van der Waals surface area contributed by atoms with Gasteiger partial charge in [0, 0.05) is 20.1 Å². The minimum absolute atomic E-state index is 0.158. The third-order valence-electron chi connectivity index (χ3n) is 4.09. The average Bonchev–Trinajstić information content (AvgIpc) is 2.25. The Hall–Kier alpha value is -0.120. The maximum atomic E-state index is 10.7. The molecule has 1 heterocycles. The third kappa shape index (κ3) is 3.19. The van der Waals surface area contributed by atoms with Gasteiger partial charge in [-0.3, -0.25) is 0 Å². The summed E-state index contributed by atoms with van der Waals surface area (Å²) in [5.74, 6) is 0.266. The molecule has 0 aromatic heterocycles. The average molecular weight is 230 g/mol. The number of ether oxygens (including phenoxy) is 2. The van der Waals surface area contributed by atoms with E-state index in [0.717, 1.165) is 25.7 Å². The summed E-state index contributed by atoms with van der Waals surface area (Å²) in [5, 5.41) is 10.7. The van der Waals surface area contributed by atoms with Gasteiger partial charge in [-0.2, -0.15) is 0 Å². The molecule has 0 aliphatic carbocycles. The van der Waals surface area contributed by atoms with Gasteiger partial charge in [-0.05, 0) is 32.1 Å².